The molecule has 0 bridgehead atoms. The van der Waals surface area contributed by atoms with Crippen LogP contribution in [0, 0.1) is 0 Å². The maximum atomic E-state index is 5.80. The van der Waals surface area contributed by atoms with Crippen LogP contribution < -0.4 is 14.8 Å². The largest absolute Gasteiger partial charge is 0.494 e. The molecule has 1 aliphatic rings. The van der Waals surface area contributed by atoms with Gasteiger partial charge in [0.05, 0.1) is 6.61 Å². The number of piperazine rings is 1. The number of nitrogens with zero attached hydrogens (tertiary/aromatic N) is 1. The van der Waals surface area contributed by atoms with E-state index in [1.165, 1.54) is 0 Å². The fourth-order valence-electron chi connectivity index (χ4n) is 2.35. The van der Waals surface area contributed by atoms with E-state index >= 15 is 0 Å². The molecule has 1 aliphatic heterocycles. The third kappa shape index (κ3) is 4.69. The van der Waals surface area contributed by atoms with Gasteiger partial charge in [0.2, 0.25) is 0 Å². The predicted octanol–water partition coefficient (Wildman–Crippen LogP) is 2.15. The summed E-state index contributed by atoms with van der Waals surface area (Å²) >= 11 is 0. The molecule has 0 saturated carbocycles. The van der Waals surface area contributed by atoms with Crippen molar-refractivity contribution in [2.24, 2.45) is 0 Å². The fraction of sp³-hybridized carbons (Fsp3) is 0.625. The lowest BCUT2D eigenvalue weighted by Crippen LogP contribution is -2.50. The molecule has 1 fully saturated rings. The highest BCUT2D eigenvalue weighted by atomic mass is 16.5. The number of nitrogens with one attached hydrogen (secondary N) is 1. The maximum absolute atomic E-state index is 5.80. The minimum Gasteiger partial charge on any atom is -0.494 e. The van der Waals surface area contributed by atoms with Crippen LogP contribution in [0.25, 0.3) is 0 Å². The van der Waals surface area contributed by atoms with Gasteiger partial charge in [0.1, 0.15) is 18.1 Å². The normalized spacial score (nSPS) is 19.8. The number of ether oxygens (including phenoxy) is 2. The van der Waals surface area contributed by atoms with Crippen LogP contribution in [0.2, 0.25) is 0 Å². The summed E-state index contributed by atoms with van der Waals surface area (Å²) in [4.78, 5) is 2.47. The van der Waals surface area contributed by atoms with Crippen LogP contribution in [0.3, 0.4) is 0 Å². The highest BCUT2D eigenvalue weighted by Crippen LogP contribution is 2.17. The number of hydrogen-bond acceptors (Lipinski definition) is 4. The Balaban J connectivity index is 1.70. The molecule has 2 rings (SSSR count). The van der Waals surface area contributed by atoms with Crippen LogP contribution >= 0.6 is 0 Å². The van der Waals surface area contributed by atoms with Gasteiger partial charge in [-0.2, -0.15) is 0 Å². The summed E-state index contributed by atoms with van der Waals surface area (Å²) < 4.78 is 11.4. The highest BCUT2D eigenvalue weighted by Gasteiger charge is 2.16. The van der Waals surface area contributed by atoms with Crippen LogP contribution in [0.1, 0.15) is 20.3 Å². The Bertz CT molecular complexity index is 381. The molecule has 1 atom stereocenters. The minimum atomic E-state index is 0.595. The summed E-state index contributed by atoms with van der Waals surface area (Å²) in [7, 11) is 0. The van der Waals surface area contributed by atoms with Gasteiger partial charge in [-0.15, -0.1) is 0 Å². The van der Waals surface area contributed by atoms with Crippen LogP contribution in [-0.2, 0) is 0 Å². The van der Waals surface area contributed by atoms with Gasteiger partial charge in [-0.05, 0) is 37.6 Å². The molecule has 4 nitrogen and oxygen atoms in total. The van der Waals surface area contributed by atoms with Gasteiger partial charge < -0.3 is 14.8 Å². The van der Waals surface area contributed by atoms with Crippen LogP contribution in [0.5, 0.6) is 11.5 Å². The Kier molecular flexibility index (Phi) is 6.15. The van der Waals surface area contributed by atoms with Crippen LogP contribution in [0.15, 0.2) is 24.3 Å². The van der Waals surface area contributed by atoms with E-state index in [9.17, 15) is 0 Å². The van der Waals surface area contributed by atoms with Gasteiger partial charge >= 0.3 is 0 Å². The van der Waals surface area contributed by atoms with Crippen molar-refractivity contribution in [3.8, 4) is 11.5 Å². The van der Waals surface area contributed by atoms with Gasteiger partial charge in [-0.3, -0.25) is 4.90 Å². The van der Waals surface area contributed by atoms with E-state index in [0.717, 1.165) is 57.3 Å². The second-order valence-corrected chi connectivity index (χ2v) is 5.26. The molecule has 0 aromatic heterocycles. The summed E-state index contributed by atoms with van der Waals surface area (Å²) in [5.74, 6) is 1.83. The molecule has 20 heavy (non-hydrogen) atoms. The molecule has 1 N–H and O–H groups in total. The Morgan fingerprint density at radius 1 is 1.15 bits per heavy atom. The quantitative estimate of drug-likeness (QED) is 0.828. The van der Waals surface area contributed by atoms with Gasteiger partial charge in [0.25, 0.3) is 0 Å². The van der Waals surface area contributed by atoms with E-state index in [4.69, 9.17) is 9.47 Å². The summed E-state index contributed by atoms with van der Waals surface area (Å²) in [5.41, 5.74) is 0. The molecule has 1 aromatic carbocycles. The summed E-state index contributed by atoms with van der Waals surface area (Å²) in [6.45, 7) is 10.1. The third-order valence-electron chi connectivity index (χ3n) is 3.58. The molecule has 0 unspecified atom stereocenters. The van der Waals surface area contributed by atoms with Crippen molar-refractivity contribution in [3.05, 3.63) is 24.3 Å². The van der Waals surface area contributed by atoms with Gasteiger partial charge in [-0.1, -0.05) is 6.92 Å². The lowest BCUT2D eigenvalue weighted by atomic mass is 10.2. The summed E-state index contributed by atoms with van der Waals surface area (Å²) in [6.07, 6.45) is 1.03. The van der Waals surface area contributed by atoms with E-state index in [-0.39, 0.29) is 0 Å². The average Bonchev–Trinajstić information content (AvgIpc) is 2.48. The molecule has 0 aliphatic carbocycles. The molecular weight excluding hydrogens is 252 g/mol. The summed E-state index contributed by atoms with van der Waals surface area (Å²) in [6, 6.07) is 8.49. The van der Waals surface area contributed by atoms with Crippen molar-refractivity contribution in [2.75, 3.05) is 39.4 Å². The molecule has 112 valence electrons. The van der Waals surface area contributed by atoms with E-state index in [1.807, 2.05) is 24.3 Å². The van der Waals surface area contributed by atoms with Crippen LogP contribution in [0.4, 0.5) is 0 Å². The monoisotopic (exact) mass is 278 g/mol. The van der Waals surface area contributed by atoms with Gasteiger partial charge in [-0.25, -0.2) is 0 Å². The van der Waals surface area contributed by atoms with E-state index in [2.05, 4.69) is 24.1 Å². The van der Waals surface area contributed by atoms with E-state index in [1.54, 1.807) is 0 Å². The predicted molar refractivity (Wildman–Crippen MR) is 81.6 cm³/mol. The Morgan fingerprint density at radius 2 is 1.80 bits per heavy atom. The lowest BCUT2D eigenvalue weighted by molar-refractivity contribution is 0.143. The first-order valence-corrected chi connectivity index (χ1v) is 7.60. The number of rotatable bonds is 7. The van der Waals surface area contributed by atoms with Crippen molar-refractivity contribution >= 4 is 0 Å². The van der Waals surface area contributed by atoms with Crippen molar-refractivity contribution < 1.29 is 9.47 Å². The van der Waals surface area contributed by atoms with E-state index in [0.29, 0.717) is 6.04 Å². The molecule has 0 amide bonds. The Hall–Kier alpha value is -1.26. The second-order valence-electron chi connectivity index (χ2n) is 5.26. The van der Waals surface area contributed by atoms with Crippen molar-refractivity contribution in [1.82, 2.24) is 10.2 Å². The first kappa shape index (κ1) is 15.1. The molecular formula is C16H26N2O2. The Morgan fingerprint density at radius 3 is 2.40 bits per heavy atom. The highest BCUT2D eigenvalue weighted by molar-refractivity contribution is 5.31. The second kappa shape index (κ2) is 8.12. The van der Waals surface area contributed by atoms with Crippen molar-refractivity contribution in [1.29, 1.82) is 0 Å². The number of benzene rings is 1. The zero-order valence-electron chi connectivity index (χ0n) is 12.6. The smallest absolute Gasteiger partial charge is 0.119 e. The molecule has 1 heterocycles. The third-order valence-corrected chi connectivity index (χ3v) is 3.58. The van der Waals surface area contributed by atoms with Gasteiger partial charge in [0, 0.05) is 32.2 Å². The minimum absolute atomic E-state index is 0.595. The first-order valence-electron chi connectivity index (χ1n) is 7.60. The van der Waals surface area contributed by atoms with Crippen molar-refractivity contribution in [2.45, 2.75) is 26.3 Å². The SMILES string of the molecule is CCCOc1ccc(OCCN2CCNC[C@@H]2C)cc1. The lowest BCUT2D eigenvalue weighted by Gasteiger charge is -2.33. The van der Waals surface area contributed by atoms with Crippen molar-refractivity contribution in [3.63, 3.8) is 0 Å². The van der Waals surface area contributed by atoms with Crippen LogP contribution in [-0.4, -0.2) is 50.3 Å². The zero-order chi connectivity index (χ0) is 14.2. The maximum Gasteiger partial charge on any atom is 0.119 e. The molecule has 0 radical (unpaired) electrons. The van der Waals surface area contributed by atoms with Gasteiger partial charge in [0.15, 0.2) is 0 Å². The molecule has 0 spiro atoms. The Labute approximate surface area is 122 Å². The average molecular weight is 278 g/mol. The molecule has 4 heteroatoms. The first-order chi connectivity index (χ1) is 9.79. The standard InChI is InChI=1S/C16H26N2O2/c1-3-11-19-15-4-6-16(7-5-15)20-12-10-18-9-8-17-13-14(18)2/h4-7,14,17H,3,8-13H2,1-2H3/t14-/m0/s1. The summed E-state index contributed by atoms with van der Waals surface area (Å²) in [5, 5.41) is 3.40. The zero-order valence-corrected chi connectivity index (χ0v) is 12.6. The fourth-order valence-corrected chi connectivity index (χ4v) is 2.35. The topological polar surface area (TPSA) is 33.7 Å². The van der Waals surface area contributed by atoms with E-state index < -0.39 is 0 Å². The molecule has 1 aromatic rings. The molecule has 1 saturated heterocycles. The number of hydrogen-bond donors (Lipinski definition) is 1.